The molecule has 7 heteroatoms. The first-order valence-corrected chi connectivity index (χ1v) is 7.18. The van der Waals surface area contributed by atoms with E-state index in [9.17, 15) is 12.8 Å². The molecule has 0 fully saturated rings. The summed E-state index contributed by atoms with van der Waals surface area (Å²) in [5, 5.41) is 3.98. The van der Waals surface area contributed by atoms with Crippen molar-refractivity contribution in [3.05, 3.63) is 29.3 Å². The predicted molar refractivity (Wildman–Crippen MR) is 68.5 cm³/mol. The van der Waals surface area contributed by atoms with E-state index in [1.807, 2.05) is 0 Å². The van der Waals surface area contributed by atoms with Gasteiger partial charge in [-0.15, -0.1) is 0 Å². The topological polar surface area (TPSA) is 55.7 Å². The lowest BCUT2D eigenvalue weighted by Gasteiger charge is -2.04. The second-order valence-corrected chi connectivity index (χ2v) is 5.99. The number of sulfone groups is 1. The molecule has 100 valence electrons. The lowest BCUT2D eigenvalue weighted by Crippen LogP contribution is -2.14. The van der Waals surface area contributed by atoms with E-state index in [4.69, 9.17) is 11.6 Å². The molecule has 0 unspecified atom stereocenters. The number of benzene rings is 1. The summed E-state index contributed by atoms with van der Waals surface area (Å²) in [7, 11) is -3.48. The number of hydrogen-bond donors (Lipinski definition) is 0. The van der Waals surface area contributed by atoms with Crippen molar-refractivity contribution in [2.24, 2.45) is 5.16 Å². The van der Waals surface area contributed by atoms with Crippen molar-refractivity contribution >= 4 is 27.1 Å². The van der Waals surface area contributed by atoms with Crippen LogP contribution in [0.3, 0.4) is 0 Å². The summed E-state index contributed by atoms with van der Waals surface area (Å²) in [5.41, 5.74) is 0.262. The molecular weight excluding hydrogens is 281 g/mol. The van der Waals surface area contributed by atoms with Gasteiger partial charge >= 0.3 is 0 Å². The highest BCUT2D eigenvalue weighted by atomic mass is 35.5. The van der Waals surface area contributed by atoms with E-state index in [1.165, 1.54) is 31.2 Å². The second-order valence-electron chi connectivity index (χ2n) is 3.56. The molecule has 0 heterocycles. The summed E-state index contributed by atoms with van der Waals surface area (Å²) in [5.74, 6) is -0.277. The van der Waals surface area contributed by atoms with Crippen molar-refractivity contribution in [2.45, 2.75) is 11.8 Å². The zero-order chi connectivity index (χ0) is 13.6. The Hall–Kier alpha value is -1.14. The summed E-state index contributed by atoms with van der Waals surface area (Å²) >= 11 is 5.68. The zero-order valence-corrected chi connectivity index (χ0v) is 11.3. The molecule has 0 amide bonds. The summed E-state index contributed by atoms with van der Waals surface area (Å²) in [6.45, 7) is 0.657. The van der Waals surface area contributed by atoms with Gasteiger partial charge in [-0.25, -0.2) is 12.8 Å². The van der Waals surface area contributed by atoms with Crippen LogP contribution in [-0.4, -0.2) is 33.2 Å². The fraction of sp³-hybridized carbons (Fsp3) is 0.364. The SMILES string of the molecule is C/C(CS(=O)(=O)c1ccc(Cl)cc1)=N\OCCF. The Morgan fingerprint density at radius 2 is 2.00 bits per heavy atom. The highest BCUT2D eigenvalue weighted by Crippen LogP contribution is 2.15. The Morgan fingerprint density at radius 1 is 1.39 bits per heavy atom. The number of nitrogens with zero attached hydrogens (tertiary/aromatic N) is 1. The van der Waals surface area contributed by atoms with Gasteiger partial charge < -0.3 is 4.84 Å². The van der Waals surface area contributed by atoms with E-state index < -0.39 is 16.5 Å². The molecule has 1 rings (SSSR count). The van der Waals surface area contributed by atoms with Gasteiger partial charge in [-0.3, -0.25) is 0 Å². The molecule has 0 bridgehead atoms. The van der Waals surface area contributed by atoms with Crippen LogP contribution in [0.25, 0.3) is 0 Å². The number of halogens is 2. The van der Waals surface area contributed by atoms with Gasteiger partial charge in [0.15, 0.2) is 9.84 Å². The molecule has 0 aromatic heterocycles. The Balaban J connectivity index is 2.76. The van der Waals surface area contributed by atoms with Crippen LogP contribution in [0.2, 0.25) is 5.02 Å². The highest BCUT2D eigenvalue weighted by Gasteiger charge is 2.16. The molecule has 0 aliphatic heterocycles. The average Bonchev–Trinajstić information content (AvgIpc) is 2.29. The molecule has 0 spiro atoms. The Bertz CT molecular complexity index is 514. The monoisotopic (exact) mass is 293 g/mol. The van der Waals surface area contributed by atoms with E-state index in [2.05, 4.69) is 9.99 Å². The average molecular weight is 294 g/mol. The predicted octanol–water partition coefficient (Wildman–Crippen LogP) is 2.48. The third-order valence-corrected chi connectivity index (χ3v) is 4.00. The summed E-state index contributed by atoms with van der Waals surface area (Å²) < 4.78 is 35.6. The van der Waals surface area contributed by atoms with Crippen LogP contribution in [0.1, 0.15) is 6.92 Å². The second kappa shape index (κ2) is 6.70. The summed E-state index contributed by atoms with van der Waals surface area (Å²) in [4.78, 5) is 4.73. The summed E-state index contributed by atoms with van der Waals surface area (Å²) in [6.07, 6.45) is 0. The largest absolute Gasteiger partial charge is 0.393 e. The zero-order valence-electron chi connectivity index (χ0n) is 9.77. The molecule has 0 N–H and O–H groups in total. The lowest BCUT2D eigenvalue weighted by atomic mass is 10.4. The molecule has 18 heavy (non-hydrogen) atoms. The van der Waals surface area contributed by atoms with Gasteiger partial charge in [0, 0.05) is 5.02 Å². The Morgan fingerprint density at radius 3 is 2.56 bits per heavy atom. The molecule has 1 aromatic carbocycles. The van der Waals surface area contributed by atoms with Gasteiger partial charge in [-0.2, -0.15) is 0 Å². The van der Waals surface area contributed by atoms with Crippen molar-refractivity contribution in [1.29, 1.82) is 0 Å². The van der Waals surface area contributed by atoms with Crippen LogP contribution in [0.4, 0.5) is 4.39 Å². The first-order chi connectivity index (χ1) is 8.45. The van der Waals surface area contributed by atoms with Crippen molar-refractivity contribution in [3.8, 4) is 0 Å². The normalized spacial score (nSPS) is 12.5. The number of alkyl halides is 1. The molecule has 0 radical (unpaired) electrons. The number of rotatable bonds is 6. The molecular formula is C11H13ClFNO3S. The minimum Gasteiger partial charge on any atom is -0.393 e. The van der Waals surface area contributed by atoms with Crippen LogP contribution in [0.5, 0.6) is 0 Å². The molecule has 0 saturated heterocycles. The maximum absolute atomic E-state index is 11.9. The van der Waals surface area contributed by atoms with E-state index in [0.29, 0.717) is 5.02 Å². The lowest BCUT2D eigenvalue weighted by molar-refractivity contribution is 0.127. The van der Waals surface area contributed by atoms with Gasteiger partial charge in [0.1, 0.15) is 13.3 Å². The molecule has 0 atom stereocenters. The number of hydrogen-bond acceptors (Lipinski definition) is 4. The smallest absolute Gasteiger partial charge is 0.183 e. The van der Waals surface area contributed by atoms with Crippen LogP contribution in [0, 0.1) is 0 Å². The molecule has 4 nitrogen and oxygen atoms in total. The molecule has 0 aliphatic carbocycles. The fourth-order valence-corrected chi connectivity index (χ4v) is 2.66. The summed E-state index contributed by atoms with van der Waals surface area (Å²) in [6, 6.07) is 5.85. The van der Waals surface area contributed by atoms with Gasteiger partial charge in [-0.05, 0) is 31.2 Å². The van der Waals surface area contributed by atoms with Crippen molar-refractivity contribution in [2.75, 3.05) is 19.0 Å². The van der Waals surface area contributed by atoms with E-state index >= 15 is 0 Å². The van der Waals surface area contributed by atoms with Crippen molar-refractivity contribution in [1.82, 2.24) is 0 Å². The highest BCUT2D eigenvalue weighted by molar-refractivity contribution is 7.92. The first-order valence-electron chi connectivity index (χ1n) is 5.15. The van der Waals surface area contributed by atoms with E-state index in [1.54, 1.807) is 0 Å². The molecule has 0 saturated carbocycles. The van der Waals surface area contributed by atoms with Crippen LogP contribution < -0.4 is 0 Å². The quantitative estimate of drug-likeness (QED) is 0.460. The van der Waals surface area contributed by atoms with Gasteiger partial charge in [0.25, 0.3) is 0 Å². The maximum atomic E-state index is 11.9. The third-order valence-electron chi connectivity index (χ3n) is 1.96. The third kappa shape index (κ3) is 4.62. The van der Waals surface area contributed by atoms with E-state index in [-0.39, 0.29) is 23.0 Å². The standard InChI is InChI=1S/C11H13ClFNO3S/c1-9(14-17-7-6-13)8-18(15,16)11-4-2-10(12)3-5-11/h2-5H,6-8H2,1H3/b14-9+. The van der Waals surface area contributed by atoms with Crippen LogP contribution in [-0.2, 0) is 14.7 Å². The van der Waals surface area contributed by atoms with Crippen molar-refractivity contribution in [3.63, 3.8) is 0 Å². The van der Waals surface area contributed by atoms with Gasteiger partial charge in [0.05, 0.1) is 16.4 Å². The fourth-order valence-electron chi connectivity index (χ4n) is 1.22. The van der Waals surface area contributed by atoms with Crippen molar-refractivity contribution < 1.29 is 17.6 Å². The molecule has 1 aromatic rings. The Kier molecular flexibility index (Phi) is 5.55. The maximum Gasteiger partial charge on any atom is 0.183 e. The minimum atomic E-state index is -3.48. The Labute approximate surface area is 110 Å². The first kappa shape index (κ1) is 14.9. The van der Waals surface area contributed by atoms with Crippen LogP contribution in [0.15, 0.2) is 34.3 Å². The molecule has 0 aliphatic rings. The van der Waals surface area contributed by atoms with Crippen LogP contribution >= 0.6 is 11.6 Å². The van der Waals surface area contributed by atoms with Gasteiger partial charge in [0.2, 0.25) is 0 Å². The minimum absolute atomic E-state index is 0.159. The number of oxime groups is 1. The van der Waals surface area contributed by atoms with E-state index in [0.717, 1.165) is 0 Å². The van der Waals surface area contributed by atoms with Gasteiger partial charge in [-0.1, -0.05) is 16.8 Å².